The molecule has 3 fully saturated rings. The van der Waals surface area contributed by atoms with Gasteiger partial charge in [0.25, 0.3) is 0 Å². The Morgan fingerprint density at radius 3 is 2.65 bits per heavy atom. The van der Waals surface area contributed by atoms with Crippen LogP contribution in [0.1, 0.15) is 26.7 Å². The maximum absolute atomic E-state index is 5.78. The summed E-state index contributed by atoms with van der Waals surface area (Å²) in [6.45, 7) is 10.4. The van der Waals surface area contributed by atoms with Crippen molar-refractivity contribution in [1.29, 1.82) is 0 Å². The van der Waals surface area contributed by atoms with Crippen molar-refractivity contribution in [3.8, 4) is 0 Å². The third-order valence-electron chi connectivity index (χ3n) is 5.40. The second kappa shape index (κ2) is 5.29. The molecule has 0 nitrogen and oxygen atoms in total. The van der Waals surface area contributed by atoms with Crippen LogP contribution in [0.3, 0.4) is 0 Å². The summed E-state index contributed by atoms with van der Waals surface area (Å²) in [5.74, 6) is 5.95. The Morgan fingerprint density at radius 1 is 1.24 bits per heavy atom. The summed E-state index contributed by atoms with van der Waals surface area (Å²) >= 11 is 0. The van der Waals surface area contributed by atoms with Gasteiger partial charge < -0.3 is 13.0 Å². The molecule has 3 aliphatic rings. The monoisotopic (exact) mass is 303 g/mol. The zero-order chi connectivity index (χ0) is 11.3. The summed E-state index contributed by atoms with van der Waals surface area (Å²) in [7, 11) is 0. The van der Waals surface area contributed by atoms with Crippen LogP contribution in [-0.2, 0) is 32.7 Å². The molecular weight excluding hydrogens is 281 g/mol. The number of fused-ring (bicyclic) bond motifs is 5. The second-order valence-electron chi connectivity index (χ2n) is 6.08. The van der Waals surface area contributed by atoms with E-state index >= 15 is 0 Å². The smallest absolute Gasteiger partial charge is 0 e. The summed E-state index contributed by atoms with van der Waals surface area (Å²) in [4.78, 5) is 0. The van der Waals surface area contributed by atoms with Gasteiger partial charge in [-0.3, -0.25) is 6.08 Å². The predicted molar refractivity (Wildman–Crippen MR) is 67.3 cm³/mol. The Labute approximate surface area is 131 Å². The van der Waals surface area contributed by atoms with E-state index in [1.807, 2.05) is 6.08 Å². The zero-order valence-corrected chi connectivity index (χ0v) is 13.8. The first-order valence-corrected chi connectivity index (χ1v) is 6.79. The molecule has 3 saturated carbocycles. The fourth-order valence-electron chi connectivity index (χ4n) is 5.06. The van der Waals surface area contributed by atoms with Crippen LogP contribution >= 0.6 is 0 Å². The summed E-state index contributed by atoms with van der Waals surface area (Å²) in [6, 6.07) is 0. The zero-order valence-electron chi connectivity index (χ0n) is 10.9. The molecule has 0 aliphatic heterocycles. The molecule has 17 heavy (non-hydrogen) atoms. The van der Waals surface area contributed by atoms with E-state index in [0.717, 1.165) is 35.5 Å². The fraction of sp³-hybridized carbons (Fsp3) is 0.688. The topological polar surface area (TPSA) is 0 Å². The molecular formula is C16H22Y-2. The van der Waals surface area contributed by atoms with Crippen LogP contribution in [0.25, 0.3) is 0 Å². The normalized spacial score (nSPS) is 51.5. The van der Waals surface area contributed by atoms with Crippen LogP contribution in [-0.4, -0.2) is 0 Å². The molecule has 1 heteroatoms. The van der Waals surface area contributed by atoms with Crippen LogP contribution in [0, 0.1) is 54.4 Å². The first-order valence-electron chi connectivity index (χ1n) is 6.79. The molecule has 7 unspecified atom stereocenters. The molecule has 0 N–H and O–H groups in total. The van der Waals surface area contributed by atoms with Gasteiger partial charge in [-0.05, 0) is 31.1 Å². The molecule has 2 bridgehead atoms. The van der Waals surface area contributed by atoms with Gasteiger partial charge in [-0.2, -0.15) is 11.8 Å². The minimum Gasteiger partial charge on any atom is -0.520 e. The first-order chi connectivity index (χ1) is 7.76. The van der Waals surface area contributed by atoms with Crippen molar-refractivity contribution < 1.29 is 32.7 Å². The fourth-order valence-corrected chi connectivity index (χ4v) is 5.06. The number of allylic oxidation sites excluding steroid dienone is 3. The van der Waals surface area contributed by atoms with E-state index in [1.165, 1.54) is 12.8 Å². The van der Waals surface area contributed by atoms with Crippen LogP contribution in [0.5, 0.6) is 0 Å². The molecule has 0 aromatic heterocycles. The molecule has 91 valence electrons. The molecule has 0 amide bonds. The SMILES string of the molecule is [CH-]=CC1[CH-]C2CC1C1C(C=CC)CC(C)C21.[Y]. The molecule has 0 aromatic carbocycles. The second-order valence-corrected chi connectivity index (χ2v) is 6.08. The third-order valence-corrected chi connectivity index (χ3v) is 5.40. The van der Waals surface area contributed by atoms with E-state index in [1.54, 1.807) is 0 Å². The first kappa shape index (κ1) is 14.0. The van der Waals surface area contributed by atoms with Gasteiger partial charge >= 0.3 is 0 Å². The van der Waals surface area contributed by atoms with Crippen molar-refractivity contribution in [2.75, 3.05) is 0 Å². The van der Waals surface area contributed by atoms with Crippen LogP contribution < -0.4 is 0 Å². The van der Waals surface area contributed by atoms with E-state index in [-0.39, 0.29) is 32.7 Å². The van der Waals surface area contributed by atoms with E-state index in [4.69, 9.17) is 6.58 Å². The maximum Gasteiger partial charge on any atom is 0 e. The van der Waals surface area contributed by atoms with Gasteiger partial charge in [0.15, 0.2) is 0 Å². The Balaban J connectivity index is 0.00000108. The van der Waals surface area contributed by atoms with Crippen molar-refractivity contribution >= 4 is 0 Å². The Kier molecular flexibility index (Phi) is 4.36. The van der Waals surface area contributed by atoms with Crippen molar-refractivity contribution in [3.63, 3.8) is 0 Å². The molecule has 3 aliphatic carbocycles. The van der Waals surface area contributed by atoms with E-state index in [0.29, 0.717) is 5.92 Å². The molecule has 3 rings (SSSR count). The minimum absolute atomic E-state index is 0. The van der Waals surface area contributed by atoms with Crippen LogP contribution in [0.4, 0.5) is 0 Å². The van der Waals surface area contributed by atoms with Crippen molar-refractivity contribution in [2.24, 2.45) is 41.4 Å². The minimum atomic E-state index is 0. The third kappa shape index (κ3) is 2.04. The van der Waals surface area contributed by atoms with Gasteiger partial charge in [0, 0.05) is 32.7 Å². The average Bonchev–Trinajstić information content (AvgIpc) is 2.91. The van der Waals surface area contributed by atoms with Gasteiger partial charge in [0.2, 0.25) is 0 Å². The summed E-state index contributed by atoms with van der Waals surface area (Å²) in [5.41, 5.74) is 0. The Hall–Kier alpha value is 0.584. The van der Waals surface area contributed by atoms with Gasteiger partial charge in [0.05, 0.1) is 0 Å². The quantitative estimate of drug-likeness (QED) is 0.536. The van der Waals surface area contributed by atoms with Crippen molar-refractivity contribution in [3.05, 3.63) is 31.2 Å². The Morgan fingerprint density at radius 2 is 2.00 bits per heavy atom. The van der Waals surface area contributed by atoms with Crippen LogP contribution in [0.15, 0.2) is 18.2 Å². The molecule has 7 atom stereocenters. The van der Waals surface area contributed by atoms with Gasteiger partial charge in [0.1, 0.15) is 0 Å². The van der Waals surface area contributed by atoms with Gasteiger partial charge in [-0.25, -0.2) is 0 Å². The molecule has 0 spiro atoms. The Bertz CT molecular complexity index is 319. The molecule has 1 radical (unpaired) electrons. The standard InChI is InChI=1S/C16H22.Y/c1-4-6-12-7-10(3)15-13-8-11(5-2)14(9-13)16(12)15;/h2,4-6,8,10-16H,7,9H2,1,3H3;/q-2;. The van der Waals surface area contributed by atoms with Gasteiger partial charge in [-0.15, -0.1) is 0 Å². The van der Waals surface area contributed by atoms with Crippen molar-refractivity contribution in [2.45, 2.75) is 26.7 Å². The largest absolute Gasteiger partial charge is 0.520 e. The molecule has 0 saturated heterocycles. The number of hydrogen-bond acceptors (Lipinski definition) is 0. The summed E-state index contributed by atoms with van der Waals surface area (Å²) in [5, 5.41) is 0. The molecule has 0 heterocycles. The van der Waals surface area contributed by atoms with Crippen molar-refractivity contribution in [1.82, 2.24) is 0 Å². The van der Waals surface area contributed by atoms with Crippen LogP contribution in [0.2, 0.25) is 0 Å². The predicted octanol–water partition coefficient (Wildman–Crippen LogP) is 3.91. The van der Waals surface area contributed by atoms with E-state index < -0.39 is 0 Å². The average molecular weight is 303 g/mol. The van der Waals surface area contributed by atoms with Gasteiger partial charge in [-0.1, -0.05) is 37.3 Å². The molecule has 0 aromatic rings. The van der Waals surface area contributed by atoms with E-state index in [2.05, 4.69) is 32.4 Å². The maximum atomic E-state index is 5.78. The number of rotatable bonds is 2. The van der Waals surface area contributed by atoms with E-state index in [9.17, 15) is 0 Å². The summed E-state index contributed by atoms with van der Waals surface area (Å²) < 4.78 is 0. The number of hydrogen-bond donors (Lipinski definition) is 0. The summed E-state index contributed by atoms with van der Waals surface area (Å²) in [6.07, 6.45) is 12.0.